The smallest absolute Gasteiger partial charge is 0.227 e. The van der Waals surface area contributed by atoms with Gasteiger partial charge in [-0.1, -0.05) is 18.2 Å². The Morgan fingerprint density at radius 3 is 2.89 bits per heavy atom. The number of pyridine rings is 1. The van der Waals surface area contributed by atoms with Crippen LogP contribution in [0.3, 0.4) is 0 Å². The van der Waals surface area contributed by atoms with E-state index in [9.17, 15) is 4.79 Å². The number of hydrogen-bond acceptors (Lipinski definition) is 3. The van der Waals surface area contributed by atoms with E-state index in [4.69, 9.17) is 5.73 Å². The van der Waals surface area contributed by atoms with Gasteiger partial charge in [-0.2, -0.15) is 0 Å². The van der Waals surface area contributed by atoms with Gasteiger partial charge in [0, 0.05) is 24.0 Å². The highest BCUT2D eigenvalue weighted by Crippen LogP contribution is 2.28. The van der Waals surface area contributed by atoms with Crippen molar-refractivity contribution in [2.45, 2.75) is 19.4 Å². The van der Waals surface area contributed by atoms with Gasteiger partial charge in [0.15, 0.2) is 0 Å². The number of fused-ring (bicyclic) bond motifs is 1. The maximum absolute atomic E-state index is 12.1. The fourth-order valence-corrected chi connectivity index (χ4v) is 2.42. The molecule has 0 saturated carbocycles. The summed E-state index contributed by atoms with van der Waals surface area (Å²) < 4.78 is 0. The average Bonchev–Trinajstić information content (AvgIpc) is 2.42. The predicted octanol–water partition coefficient (Wildman–Crippen LogP) is 2.14. The van der Waals surface area contributed by atoms with Gasteiger partial charge in [0.1, 0.15) is 0 Å². The Kier molecular flexibility index (Phi) is 2.91. The van der Waals surface area contributed by atoms with Crippen LogP contribution in [0.25, 0.3) is 0 Å². The van der Waals surface area contributed by atoms with Gasteiger partial charge in [0.05, 0.1) is 12.2 Å². The molecule has 0 saturated heterocycles. The van der Waals surface area contributed by atoms with Crippen molar-refractivity contribution in [3.05, 3.63) is 53.9 Å². The van der Waals surface area contributed by atoms with Gasteiger partial charge in [0.2, 0.25) is 5.91 Å². The summed E-state index contributed by atoms with van der Waals surface area (Å²) in [5, 5.41) is 0. The third-order valence-corrected chi connectivity index (χ3v) is 3.35. The molecule has 1 amide bonds. The molecule has 2 heterocycles. The van der Waals surface area contributed by atoms with Crippen molar-refractivity contribution in [1.29, 1.82) is 0 Å². The van der Waals surface area contributed by atoms with Crippen LogP contribution in [-0.2, 0) is 17.8 Å². The highest BCUT2D eigenvalue weighted by Gasteiger charge is 2.23. The fraction of sp³-hybridized carbons (Fsp3) is 0.200. The summed E-state index contributed by atoms with van der Waals surface area (Å²) in [6.45, 7) is 0.473. The van der Waals surface area contributed by atoms with Crippen molar-refractivity contribution in [2.24, 2.45) is 0 Å². The van der Waals surface area contributed by atoms with Gasteiger partial charge in [-0.15, -0.1) is 0 Å². The number of anilines is 2. The van der Waals surface area contributed by atoms with Crippen molar-refractivity contribution >= 4 is 17.3 Å². The lowest BCUT2D eigenvalue weighted by Gasteiger charge is -2.29. The maximum atomic E-state index is 12.1. The van der Waals surface area contributed by atoms with E-state index in [2.05, 4.69) is 11.1 Å². The molecule has 0 aliphatic carbocycles. The molecular weight excluding hydrogens is 238 g/mol. The van der Waals surface area contributed by atoms with E-state index in [1.165, 1.54) is 5.56 Å². The van der Waals surface area contributed by atoms with Crippen LogP contribution in [0.2, 0.25) is 0 Å². The molecule has 96 valence electrons. The minimum absolute atomic E-state index is 0.142. The SMILES string of the molecule is Nc1ccnc(CN2C(=O)CCc3ccccc32)c1. The third-order valence-electron chi connectivity index (χ3n) is 3.35. The second-order valence-corrected chi connectivity index (χ2v) is 4.69. The first-order chi connectivity index (χ1) is 9.24. The topological polar surface area (TPSA) is 59.2 Å². The zero-order chi connectivity index (χ0) is 13.2. The van der Waals surface area contributed by atoms with E-state index in [1.807, 2.05) is 24.3 Å². The lowest BCUT2D eigenvalue weighted by molar-refractivity contribution is -0.119. The van der Waals surface area contributed by atoms with Gasteiger partial charge >= 0.3 is 0 Å². The Morgan fingerprint density at radius 1 is 1.21 bits per heavy atom. The van der Waals surface area contributed by atoms with E-state index in [0.717, 1.165) is 17.8 Å². The molecule has 0 fully saturated rings. The largest absolute Gasteiger partial charge is 0.399 e. The Hall–Kier alpha value is -2.36. The fourth-order valence-electron chi connectivity index (χ4n) is 2.42. The predicted molar refractivity (Wildman–Crippen MR) is 74.6 cm³/mol. The number of aryl methyl sites for hydroxylation is 1. The molecule has 0 unspecified atom stereocenters. The number of aromatic nitrogens is 1. The minimum atomic E-state index is 0.142. The van der Waals surface area contributed by atoms with Gasteiger partial charge in [0.25, 0.3) is 0 Å². The molecule has 2 N–H and O–H groups in total. The minimum Gasteiger partial charge on any atom is -0.399 e. The monoisotopic (exact) mass is 253 g/mol. The van der Waals surface area contributed by atoms with Crippen LogP contribution in [0.1, 0.15) is 17.7 Å². The summed E-state index contributed by atoms with van der Waals surface area (Å²) in [7, 11) is 0. The quantitative estimate of drug-likeness (QED) is 0.892. The number of nitrogen functional groups attached to an aromatic ring is 1. The molecule has 19 heavy (non-hydrogen) atoms. The first-order valence-electron chi connectivity index (χ1n) is 6.33. The Labute approximate surface area is 111 Å². The average molecular weight is 253 g/mol. The number of hydrogen-bond donors (Lipinski definition) is 1. The molecule has 1 aliphatic heterocycles. The zero-order valence-corrected chi connectivity index (χ0v) is 10.5. The molecule has 1 aromatic carbocycles. The summed E-state index contributed by atoms with van der Waals surface area (Å²) in [5.74, 6) is 0.142. The molecule has 0 atom stereocenters. The molecule has 3 rings (SSSR count). The molecule has 0 spiro atoms. The summed E-state index contributed by atoms with van der Waals surface area (Å²) in [5.41, 5.74) is 9.43. The summed E-state index contributed by atoms with van der Waals surface area (Å²) in [6, 6.07) is 11.6. The van der Waals surface area contributed by atoms with Crippen molar-refractivity contribution in [1.82, 2.24) is 4.98 Å². The van der Waals surface area contributed by atoms with Crippen LogP contribution in [-0.4, -0.2) is 10.9 Å². The van der Waals surface area contributed by atoms with Gasteiger partial charge in [-0.3, -0.25) is 9.78 Å². The van der Waals surface area contributed by atoms with Crippen LogP contribution in [0.15, 0.2) is 42.6 Å². The number of rotatable bonds is 2. The lowest BCUT2D eigenvalue weighted by atomic mass is 10.0. The van der Waals surface area contributed by atoms with E-state index in [0.29, 0.717) is 18.7 Å². The van der Waals surface area contributed by atoms with E-state index in [1.54, 1.807) is 17.2 Å². The first kappa shape index (κ1) is 11.7. The molecule has 1 aliphatic rings. The Morgan fingerprint density at radius 2 is 2.05 bits per heavy atom. The van der Waals surface area contributed by atoms with Gasteiger partial charge < -0.3 is 10.6 Å². The van der Waals surface area contributed by atoms with E-state index < -0.39 is 0 Å². The van der Waals surface area contributed by atoms with Crippen molar-refractivity contribution in [3.63, 3.8) is 0 Å². The maximum Gasteiger partial charge on any atom is 0.227 e. The molecule has 1 aromatic heterocycles. The van der Waals surface area contributed by atoms with Crippen LogP contribution in [0, 0.1) is 0 Å². The number of amides is 1. The van der Waals surface area contributed by atoms with Crippen molar-refractivity contribution in [2.75, 3.05) is 10.6 Å². The van der Waals surface area contributed by atoms with Gasteiger partial charge in [-0.05, 0) is 30.2 Å². The number of benzene rings is 1. The highest BCUT2D eigenvalue weighted by molar-refractivity contribution is 5.96. The van der Waals surface area contributed by atoms with Gasteiger partial charge in [-0.25, -0.2) is 0 Å². The van der Waals surface area contributed by atoms with Crippen molar-refractivity contribution in [3.8, 4) is 0 Å². The normalized spacial score (nSPS) is 14.3. The third kappa shape index (κ3) is 2.29. The number of carbonyl (C=O) groups is 1. The second-order valence-electron chi connectivity index (χ2n) is 4.69. The number of nitrogens with zero attached hydrogens (tertiary/aromatic N) is 2. The van der Waals surface area contributed by atoms with Crippen LogP contribution in [0.5, 0.6) is 0 Å². The van der Waals surface area contributed by atoms with Crippen LogP contribution in [0.4, 0.5) is 11.4 Å². The van der Waals surface area contributed by atoms with E-state index in [-0.39, 0.29) is 5.91 Å². The lowest BCUT2D eigenvalue weighted by Crippen LogP contribution is -2.34. The molecule has 4 heteroatoms. The van der Waals surface area contributed by atoms with Crippen molar-refractivity contribution < 1.29 is 4.79 Å². The molecule has 2 aromatic rings. The number of para-hydroxylation sites is 1. The Balaban J connectivity index is 1.94. The summed E-state index contributed by atoms with van der Waals surface area (Å²) in [6.07, 6.45) is 3.04. The second kappa shape index (κ2) is 4.72. The standard InChI is InChI=1S/C15H15N3O/c16-12-7-8-17-13(9-12)10-18-14-4-2-1-3-11(14)5-6-15(18)19/h1-4,7-9H,5-6,10H2,(H2,16,17). The summed E-state index contributed by atoms with van der Waals surface area (Å²) >= 11 is 0. The molecular formula is C15H15N3O. The molecule has 0 bridgehead atoms. The van der Waals surface area contributed by atoms with Crippen LogP contribution < -0.4 is 10.6 Å². The number of nitrogens with two attached hydrogens (primary N) is 1. The highest BCUT2D eigenvalue weighted by atomic mass is 16.2. The first-order valence-corrected chi connectivity index (χ1v) is 6.33. The van der Waals surface area contributed by atoms with Crippen LogP contribution >= 0.6 is 0 Å². The zero-order valence-electron chi connectivity index (χ0n) is 10.5. The molecule has 4 nitrogen and oxygen atoms in total. The Bertz CT molecular complexity index is 624. The summed E-state index contributed by atoms with van der Waals surface area (Å²) in [4.78, 5) is 18.2. The molecule has 0 radical (unpaired) electrons. The number of carbonyl (C=O) groups excluding carboxylic acids is 1. The van der Waals surface area contributed by atoms with E-state index >= 15 is 0 Å².